The molecule has 2 rings (SSSR count). The lowest BCUT2D eigenvalue weighted by atomic mass is 9.97. The number of aliphatic hydroxyl groups is 1. The van der Waals surface area contributed by atoms with Gasteiger partial charge in [0.15, 0.2) is 0 Å². The Hall–Kier alpha value is -1.00. The number of hydrogen-bond acceptors (Lipinski definition) is 3. The van der Waals surface area contributed by atoms with Gasteiger partial charge in [-0.3, -0.25) is 4.79 Å². The smallest absolute Gasteiger partial charge is 0.220 e. The molecule has 4 heteroatoms. The topological polar surface area (TPSA) is 49.3 Å². The molecule has 1 aromatic rings. The Bertz CT molecular complexity index is 432. The number of rotatable bonds is 6. The molecule has 1 amide bonds. The van der Waals surface area contributed by atoms with Crippen LogP contribution in [0.3, 0.4) is 0 Å². The molecule has 1 aliphatic rings. The highest BCUT2D eigenvalue weighted by molar-refractivity contribution is 7.99. The van der Waals surface area contributed by atoms with Gasteiger partial charge in [0.05, 0.1) is 12.1 Å². The number of carbonyl (C=O) groups is 1. The van der Waals surface area contributed by atoms with Crippen LogP contribution < -0.4 is 5.32 Å². The quantitative estimate of drug-likeness (QED) is 0.849. The minimum atomic E-state index is -0.543. The van der Waals surface area contributed by atoms with Crippen LogP contribution in [0.1, 0.15) is 31.7 Å². The Kier molecular flexibility index (Phi) is 6.58. The largest absolute Gasteiger partial charge is 0.391 e. The summed E-state index contributed by atoms with van der Waals surface area (Å²) in [6.07, 6.45) is 2.90. The van der Waals surface area contributed by atoms with Crippen LogP contribution >= 0.6 is 11.8 Å². The Morgan fingerprint density at radius 2 is 2.00 bits per heavy atom. The Labute approximate surface area is 131 Å². The van der Waals surface area contributed by atoms with Gasteiger partial charge < -0.3 is 10.4 Å². The summed E-state index contributed by atoms with van der Waals surface area (Å²) in [5, 5.41) is 13.2. The number of carbonyl (C=O) groups excluding carboxylic acids is 1. The van der Waals surface area contributed by atoms with Gasteiger partial charge in [0.1, 0.15) is 0 Å². The maximum atomic E-state index is 12.0. The van der Waals surface area contributed by atoms with E-state index >= 15 is 0 Å². The normalized spacial score (nSPS) is 19.0. The van der Waals surface area contributed by atoms with Gasteiger partial charge >= 0.3 is 0 Å². The summed E-state index contributed by atoms with van der Waals surface area (Å²) in [5.41, 5.74) is 1.09. The minimum Gasteiger partial charge on any atom is -0.391 e. The number of thioether (sulfide) groups is 1. The molecule has 0 spiro atoms. The van der Waals surface area contributed by atoms with Crippen molar-refractivity contribution in [2.75, 3.05) is 11.5 Å². The molecular weight excluding hydrogens is 282 g/mol. The molecule has 2 unspecified atom stereocenters. The number of benzene rings is 1. The standard InChI is InChI=1S/C17H25NO2S/c1-13(16(19)11-14-5-3-2-4-6-14)18-17(20)12-15-7-9-21-10-8-15/h2-6,13,15-16,19H,7-12H2,1H3,(H,18,20). The summed E-state index contributed by atoms with van der Waals surface area (Å²) in [5.74, 6) is 2.94. The second-order valence-electron chi connectivity index (χ2n) is 5.87. The lowest BCUT2D eigenvalue weighted by Crippen LogP contribution is -2.42. The highest BCUT2D eigenvalue weighted by Crippen LogP contribution is 2.25. The van der Waals surface area contributed by atoms with Crippen LogP contribution in [0.15, 0.2) is 30.3 Å². The lowest BCUT2D eigenvalue weighted by Gasteiger charge is -2.24. The molecule has 0 saturated carbocycles. The molecule has 1 aliphatic heterocycles. The van der Waals surface area contributed by atoms with Crippen molar-refractivity contribution in [3.63, 3.8) is 0 Å². The predicted octanol–water partition coefficient (Wildman–Crippen LogP) is 2.63. The van der Waals surface area contributed by atoms with Crippen LogP contribution in [0.25, 0.3) is 0 Å². The summed E-state index contributed by atoms with van der Waals surface area (Å²) < 4.78 is 0. The van der Waals surface area contributed by atoms with Crippen molar-refractivity contribution in [3.05, 3.63) is 35.9 Å². The fraction of sp³-hybridized carbons (Fsp3) is 0.588. The Morgan fingerprint density at radius 3 is 2.67 bits per heavy atom. The van der Waals surface area contributed by atoms with E-state index in [1.54, 1.807) is 0 Å². The molecule has 116 valence electrons. The van der Waals surface area contributed by atoms with E-state index in [1.807, 2.05) is 49.0 Å². The van der Waals surface area contributed by atoms with E-state index in [4.69, 9.17) is 0 Å². The highest BCUT2D eigenvalue weighted by Gasteiger charge is 2.21. The molecule has 3 nitrogen and oxygen atoms in total. The number of nitrogens with one attached hydrogen (secondary N) is 1. The molecule has 0 aliphatic carbocycles. The van der Waals surface area contributed by atoms with Crippen molar-refractivity contribution in [1.29, 1.82) is 0 Å². The summed E-state index contributed by atoms with van der Waals surface area (Å²) >= 11 is 1.97. The van der Waals surface area contributed by atoms with Crippen molar-refractivity contribution >= 4 is 17.7 Å². The fourth-order valence-corrected chi connectivity index (χ4v) is 3.86. The van der Waals surface area contributed by atoms with Crippen LogP contribution in [0, 0.1) is 5.92 Å². The molecule has 1 heterocycles. The molecule has 0 aromatic heterocycles. The van der Waals surface area contributed by atoms with Gasteiger partial charge in [-0.2, -0.15) is 11.8 Å². The van der Waals surface area contributed by atoms with E-state index in [0.717, 1.165) is 18.4 Å². The average Bonchev–Trinajstić information content (AvgIpc) is 2.49. The molecule has 1 fully saturated rings. The first-order valence-electron chi connectivity index (χ1n) is 7.74. The van der Waals surface area contributed by atoms with E-state index in [1.165, 1.54) is 11.5 Å². The lowest BCUT2D eigenvalue weighted by molar-refractivity contribution is -0.123. The van der Waals surface area contributed by atoms with Crippen LogP contribution in [-0.2, 0) is 11.2 Å². The third-order valence-corrected chi connectivity index (χ3v) is 5.12. The van der Waals surface area contributed by atoms with Crippen molar-refractivity contribution in [2.24, 2.45) is 5.92 Å². The third-order valence-electron chi connectivity index (χ3n) is 4.07. The highest BCUT2D eigenvalue weighted by atomic mass is 32.2. The zero-order valence-electron chi connectivity index (χ0n) is 12.6. The predicted molar refractivity (Wildman–Crippen MR) is 88.4 cm³/mol. The summed E-state index contributed by atoms with van der Waals surface area (Å²) in [4.78, 5) is 12.0. The molecular formula is C17H25NO2S. The fourth-order valence-electron chi connectivity index (χ4n) is 2.65. The first kappa shape index (κ1) is 16.4. The van der Waals surface area contributed by atoms with Gasteiger partial charge in [0.25, 0.3) is 0 Å². The van der Waals surface area contributed by atoms with Gasteiger partial charge in [-0.15, -0.1) is 0 Å². The molecule has 2 N–H and O–H groups in total. The van der Waals surface area contributed by atoms with Gasteiger partial charge in [0.2, 0.25) is 5.91 Å². The molecule has 0 radical (unpaired) electrons. The van der Waals surface area contributed by atoms with E-state index < -0.39 is 6.10 Å². The van der Waals surface area contributed by atoms with Crippen LogP contribution in [0.5, 0.6) is 0 Å². The molecule has 21 heavy (non-hydrogen) atoms. The van der Waals surface area contributed by atoms with Crippen molar-refractivity contribution < 1.29 is 9.90 Å². The zero-order valence-corrected chi connectivity index (χ0v) is 13.4. The monoisotopic (exact) mass is 307 g/mol. The van der Waals surface area contributed by atoms with Crippen molar-refractivity contribution in [2.45, 2.75) is 44.8 Å². The van der Waals surface area contributed by atoms with Gasteiger partial charge in [-0.05, 0) is 42.8 Å². The van der Waals surface area contributed by atoms with E-state index in [9.17, 15) is 9.90 Å². The third kappa shape index (κ3) is 5.71. The molecule has 1 saturated heterocycles. The van der Waals surface area contributed by atoms with Crippen LogP contribution in [0.2, 0.25) is 0 Å². The second kappa shape index (κ2) is 8.44. The van der Waals surface area contributed by atoms with Crippen molar-refractivity contribution in [1.82, 2.24) is 5.32 Å². The summed E-state index contributed by atoms with van der Waals surface area (Å²) in [6.45, 7) is 1.88. The Morgan fingerprint density at radius 1 is 1.33 bits per heavy atom. The molecule has 1 aromatic carbocycles. The van der Waals surface area contributed by atoms with E-state index in [0.29, 0.717) is 18.8 Å². The number of amides is 1. The minimum absolute atomic E-state index is 0.0755. The Balaban J connectivity index is 1.74. The maximum Gasteiger partial charge on any atom is 0.220 e. The first-order chi connectivity index (χ1) is 10.1. The zero-order chi connectivity index (χ0) is 15.1. The van der Waals surface area contributed by atoms with E-state index in [2.05, 4.69) is 5.32 Å². The van der Waals surface area contributed by atoms with Crippen LogP contribution in [-0.4, -0.2) is 34.7 Å². The van der Waals surface area contributed by atoms with Crippen molar-refractivity contribution in [3.8, 4) is 0 Å². The summed E-state index contributed by atoms with van der Waals surface area (Å²) in [7, 11) is 0. The number of hydrogen-bond donors (Lipinski definition) is 2. The van der Waals surface area contributed by atoms with Crippen LogP contribution in [0.4, 0.5) is 0 Å². The van der Waals surface area contributed by atoms with Gasteiger partial charge in [-0.25, -0.2) is 0 Å². The van der Waals surface area contributed by atoms with Gasteiger partial charge in [0, 0.05) is 12.8 Å². The van der Waals surface area contributed by atoms with E-state index in [-0.39, 0.29) is 11.9 Å². The average molecular weight is 307 g/mol. The second-order valence-corrected chi connectivity index (χ2v) is 7.10. The molecule has 2 atom stereocenters. The molecule has 0 bridgehead atoms. The first-order valence-corrected chi connectivity index (χ1v) is 8.89. The summed E-state index contributed by atoms with van der Waals surface area (Å²) in [6, 6.07) is 9.67. The van der Waals surface area contributed by atoms with Gasteiger partial charge in [-0.1, -0.05) is 30.3 Å². The number of aliphatic hydroxyl groups excluding tert-OH is 1. The SMILES string of the molecule is CC(NC(=O)CC1CCSCC1)C(O)Cc1ccccc1. The maximum absolute atomic E-state index is 12.0.